The predicted octanol–water partition coefficient (Wildman–Crippen LogP) is 2.61. The van der Waals surface area contributed by atoms with Crippen molar-refractivity contribution in [1.29, 1.82) is 0 Å². The number of nitrogens with zero attached hydrogens (tertiary/aromatic N) is 1. The topological polar surface area (TPSA) is 63.7 Å². The molecular formula is C18H12FNO4. The largest absolute Gasteiger partial charge is 0.343 e. The summed E-state index contributed by atoms with van der Waals surface area (Å²) in [5, 5.41) is 0.492. The molecule has 2 aromatic rings. The molecule has 0 N–H and O–H groups in total. The number of benzene rings is 2. The molecule has 0 unspecified atom stereocenters. The van der Waals surface area contributed by atoms with E-state index in [9.17, 15) is 18.8 Å². The number of carbonyl (C=O) groups is 3. The lowest BCUT2D eigenvalue weighted by Gasteiger charge is -2.18. The van der Waals surface area contributed by atoms with Crippen LogP contribution in [0.25, 0.3) is 0 Å². The summed E-state index contributed by atoms with van der Waals surface area (Å²) in [4.78, 5) is 42.2. The van der Waals surface area contributed by atoms with Crippen LogP contribution in [-0.2, 0) is 15.0 Å². The van der Waals surface area contributed by atoms with Crippen LogP contribution in [-0.4, -0.2) is 22.8 Å². The Bertz CT molecular complexity index is 853. The number of imide groups is 1. The third-order valence-electron chi connectivity index (χ3n) is 4.45. The first kappa shape index (κ1) is 14.6. The quantitative estimate of drug-likeness (QED) is 0.814. The van der Waals surface area contributed by atoms with E-state index in [1.54, 1.807) is 18.2 Å². The highest BCUT2D eigenvalue weighted by atomic mass is 19.1. The van der Waals surface area contributed by atoms with Gasteiger partial charge in [0.05, 0.1) is 16.5 Å². The van der Waals surface area contributed by atoms with Crippen molar-refractivity contribution in [3.63, 3.8) is 0 Å². The maximum absolute atomic E-state index is 13.4. The molecule has 0 bridgehead atoms. The van der Waals surface area contributed by atoms with Gasteiger partial charge in [-0.15, -0.1) is 0 Å². The standard InChI is InChI=1S/C18H12FNO4/c19-12-5-3-4-11(10-12)18(8-9-18)17(23)24-20-15(21)13-6-1-2-7-14(13)16(20)22/h1-7,10H,8-9H2. The molecule has 2 aromatic carbocycles. The van der Waals surface area contributed by atoms with Crippen molar-refractivity contribution in [2.75, 3.05) is 0 Å². The van der Waals surface area contributed by atoms with Crippen molar-refractivity contribution < 1.29 is 23.6 Å². The Morgan fingerprint density at radius 1 is 1.00 bits per heavy atom. The summed E-state index contributed by atoms with van der Waals surface area (Å²) < 4.78 is 13.4. The van der Waals surface area contributed by atoms with Crippen LogP contribution in [0.1, 0.15) is 39.1 Å². The number of amides is 2. The van der Waals surface area contributed by atoms with Gasteiger partial charge in [-0.1, -0.05) is 29.3 Å². The summed E-state index contributed by atoms with van der Waals surface area (Å²) in [6.07, 6.45) is 0.969. The van der Waals surface area contributed by atoms with Crippen LogP contribution in [0.15, 0.2) is 48.5 Å². The zero-order valence-corrected chi connectivity index (χ0v) is 12.5. The molecule has 120 valence electrons. The third kappa shape index (κ3) is 2.03. The van der Waals surface area contributed by atoms with Crippen molar-refractivity contribution in [1.82, 2.24) is 5.06 Å². The Hall–Kier alpha value is -3.02. The van der Waals surface area contributed by atoms with E-state index < -0.39 is 29.0 Å². The van der Waals surface area contributed by atoms with Crippen molar-refractivity contribution in [2.24, 2.45) is 0 Å². The van der Waals surface area contributed by atoms with Crippen LogP contribution in [0.5, 0.6) is 0 Å². The van der Waals surface area contributed by atoms with Gasteiger partial charge in [-0.25, -0.2) is 9.18 Å². The van der Waals surface area contributed by atoms with Crippen LogP contribution in [0.3, 0.4) is 0 Å². The molecule has 5 nitrogen and oxygen atoms in total. The average Bonchev–Trinajstić information content (AvgIpc) is 3.36. The van der Waals surface area contributed by atoms with Gasteiger partial charge in [-0.05, 0) is 42.7 Å². The molecule has 1 heterocycles. The highest BCUT2D eigenvalue weighted by molar-refractivity contribution is 6.21. The van der Waals surface area contributed by atoms with Gasteiger partial charge in [0.1, 0.15) is 5.82 Å². The van der Waals surface area contributed by atoms with E-state index in [-0.39, 0.29) is 11.1 Å². The monoisotopic (exact) mass is 325 g/mol. The van der Waals surface area contributed by atoms with Crippen LogP contribution < -0.4 is 0 Å². The first-order valence-corrected chi connectivity index (χ1v) is 7.49. The Balaban J connectivity index is 1.60. The molecule has 4 rings (SSSR count). The van der Waals surface area contributed by atoms with E-state index in [0.717, 1.165) is 0 Å². The van der Waals surface area contributed by atoms with E-state index in [2.05, 4.69) is 0 Å². The third-order valence-corrected chi connectivity index (χ3v) is 4.45. The SMILES string of the molecule is O=C1c2ccccc2C(=O)N1OC(=O)C1(c2cccc(F)c2)CC1. The van der Waals surface area contributed by atoms with Crippen molar-refractivity contribution >= 4 is 17.8 Å². The second kappa shape index (κ2) is 4.99. The van der Waals surface area contributed by atoms with E-state index in [1.807, 2.05) is 0 Å². The Morgan fingerprint density at radius 2 is 1.62 bits per heavy atom. The summed E-state index contributed by atoms with van der Waals surface area (Å²) in [6.45, 7) is 0. The summed E-state index contributed by atoms with van der Waals surface area (Å²) in [5.41, 5.74) is -0.0989. The van der Waals surface area contributed by atoms with Gasteiger partial charge in [0.15, 0.2) is 0 Å². The zero-order valence-electron chi connectivity index (χ0n) is 12.5. The molecule has 0 radical (unpaired) electrons. The normalized spacial score (nSPS) is 17.6. The Morgan fingerprint density at radius 3 is 2.17 bits per heavy atom. The van der Waals surface area contributed by atoms with E-state index >= 15 is 0 Å². The van der Waals surface area contributed by atoms with Crippen LogP contribution in [0, 0.1) is 5.82 Å². The fourth-order valence-electron chi connectivity index (χ4n) is 2.94. The highest BCUT2D eigenvalue weighted by Crippen LogP contribution is 2.49. The fraction of sp³-hybridized carbons (Fsp3) is 0.167. The number of rotatable bonds is 3. The van der Waals surface area contributed by atoms with Crippen LogP contribution in [0.2, 0.25) is 0 Å². The average molecular weight is 325 g/mol. The second-order valence-corrected chi connectivity index (χ2v) is 5.92. The first-order valence-electron chi connectivity index (χ1n) is 7.49. The number of halogens is 1. The van der Waals surface area contributed by atoms with E-state index in [4.69, 9.17) is 4.84 Å². The minimum Gasteiger partial charge on any atom is -0.329 e. The lowest BCUT2D eigenvalue weighted by Crippen LogP contribution is -2.37. The highest BCUT2D eigenvalue weighted by Gasteiger charge is 2.55. The minimum atomic E-state index is -0.989. The van der Waals surface area contributed by atoms with Gasteiger partial charge in [0.2, 0.25) is 0 Å². The van der Waals surface area contributed by atoms with Crippen LogP contribution in [0.4, 0.5) is 4.39 Å². The molecule has 24 heavy (non-hydrogen) atoms. The fourth-order valence-corrected chi connectivity index (χ4v) is 2.94. The number of hydroxylamine groups is 2. The molecule has 6 heteroatoms. The number of fused-ring (bicyclic) bond motifs is 1. The molecule has 0 saturated heterocycles. The molecule has 1 aliphatic heterocycles. The zero-order chi connectivity index (χ0) is 16.9. The molecule has 0 atom stereocenters. The van der Waals surface area contributed by atoms with Gasteiger partial charge < -0.3 is 4.84 Å². The van der Waals surface area contributed by atoms with E-state index in [0.29, 0.717) is 23.5 Å². The van der Waals surface area contributed by atoms with Crippen LogP contribution >= 0.6 is 0 Å². The first-order chi connectivity index (χ1) is 11.5. The van der Waals surface area contributed by atoms with E-state index in [1.165, 1.54) is 30.3 Å². The van der Waals surface area contributed by atoms with Gasteiger partial charge in [0, 0.05) is 0 Å². The van der Waals surface area contributed by atoms with Crippen molar-refractivity contribution in [3.8, 4) is 0 Å². The van der Waals surface area contributed by atoms with Crippen molar-refractivity contribution in [3.05, 3.63) is 71.0 Å². The number of hydrogen-bond acceptors (Lipinski definition) is 4. The summed E-state index contributed by atoms with van der Waals surface area (Å²) in [5.74, 6) is -2.51. The molecular weight excluding hydrogens is 313 g/mol. The van der Waals surface area contributed by atoms with Crippen molar-refractivity contribution in [2.45, 2.75) is 18.3 Å². The Labute approximate surface area is 136 Å². The molecule has 2 aliphatic rings. The summed E-state index contributed by atoms with van der Waals surface area (Å²) in [7, 11) is 0. The smallest absolute Gasteiger partial charge is 0.329 e. The maximum atomic E-state index is 13.4. The lowest BCUT2D eigenvalue weighted by molar-refractivity contribution is -0.171. The Kier molecular flexibility index (Phi) is 3.03. The number of hydrogen-bond donors (Lipinski definition) is 0. The maximum Gasteiger partial charge on any atom is 0.343 e. The molecule has 0 aromatic heterocycles. The second-order valence-electron chi connectivity index (χ2n) is 5.92. The van der Waals surface area contributed by atoms with Gasteiger partial charge in [-0.2, -0.15) is 0 Å². The minimum absolute atomic E-state index is 0.200. The van der Waals surface area contributed by atoms with Gasteiger partial charge in [-0.3, -0.25) is 9.59 Å². The lowest BCUT2D eigenvalue weighted by atomic mass is 9.96. The molecule has 1 aliphatic carbocycles. The van der Waals surface area contributed by atoms with Gasteiger partial charge >= 0.3 is 5.97 Å². The summed E-state index contributed by atoms with van der Waals surface area (Å²) >= 11 is 0. The van der Waals surface area contributed by atoms with Gasteiger partial charge in [0.25, 0.3) is 11.8 Å². The molecule has 2 amide bonds. The number of carbonyl (C=O) groups excluding carboxylic acids is 3. The molecule has 0 spiro atoms. The molecule has 1 saturated carbocycles. The predicted molar refractivity (Wildman–Crippen MR) is 80.3 cm³/mol. The molecule has 1 fully saturated rings. The summed E-state index contributed by atoms with van der Waals surface area (Å²) in [6, 6.07) is 12.0.